The first kappa shape index (κ1) is 11.2. The van der Waals surface area contributed by atoms with Crippen molar-refractivity contribution in [2.45, 2.75) is 39.7 Å². The summed E-state index contributed by atoms with van der Waals surface area (Å²) >= 11 is 0. The van der Waals surface area contributed by atoms with Crippen LogP contribution in [0.15, 0.2) is 4.99 Å². The van der Waals surface area contributed by atoms with Gasteiger partial charge in [0, 0.05) is 12.1 Å². The van der Waals surface area contributed by atoms with E-state index in [4.69, 9.17) is 5.84 Å². The zero-order valence-electron chi connectivity index (χ0n) is 8.44. The Bertz CT molecular complexity index is 146. The number of nitrogens with zero attached hydrogens (tertiary/aromatic N) is 1. The third-order valence-corrected chi connectivity index (χ3v) is 1.12. The van der Waals surface area contributed by atoms with E-state index in [9.17, 15) is 0 Å². The molecule has 4 N–H and O–H groups in total. The Hall–Kier alpha value is -0.770. The zero-order valence-corrected chi connectivity index (χ0v) is 8.44. The van der Waals surface area contributed by atoms with Gasteiger partial charge < -0.3 is 5.32 Å². The van der Waals surface area contributed by atoms with Crippen LogP contribution in [0.25, 0.3) is 0 Å². The van der Waals surface area contributed by atoms with E-state index in [-0.39, 0.29) is 5.54 Å². The molecule has 0 atom stereocenters. The molecule has 0 saturated heterocycles. The fourth-order valence-corrected chi connectivity index (χ4v) is 0.700. The molecule has 0 aromatic carbocycles. The molecule has 12 heavy (non-hydrogen) atoms. The summed E-state index contributed by atoms with van der Waals surface area (Å²) in [5, 5.41) is 3.15. The summed E-state index contributed by atoms with van der Waals surface area (Å²) in [7, 11) is 0. The minimum absolute atomic E-state index is 0.00105. The van der Waals surface area contributed by atoms with Crippen molar-refractivity contribution in [3.8, 4) is 0 Å². The Morgan fingerprint density at radius 3 is 2.33 bits per heavy atom. The summed E-state index contributed by atoms with van der Waals surface area (Å²) in [6.45, 7) is 9.06. The van der Waals surface area contributed by atoms with Crippen molar-refractivity contribution in [1.29, 1.82) is 0 Å². The van der Waals surface area contributed by atoms with Gasteiger partial charge in [0.15, 0.2) is 0 Å². The molecule has 0 bridgehead atoms. The lowest BCUT2D eigenvalue weighted by Crippen LogP contribution is -2.50. The van der Waals surface area contributed by atoms with E-state index in [1.807, 2.05) is 0 Å². The molecule has 0 aliphatic carbocycles. The van der Waals surface area contributed by atoms with Crippen molar-refractivity contribution in [3.63, 3.8) is 0 Å². The minimum atomic E-state index is -0.00105. The second-order valence-corrected chi connectivity index (χ2v) is 3.75. The fourth-order valence-electron chi connectivity index (χ4n) is 0.700. The van der Waals surface area contributed by atoms with Crippen LogP contribution in [-0.2, 0) is 0 Å². The molecule has 72 valence electrons. The fraction of sp³-hybridized carbons (Fsp3) is 0.875. The van der Waals surface area contributed by atoms with Crippen molar-refractivity contribution in [2.24, 2.45) is 10.8 Å². The first-order valence-corrected chi connectivity index (χ1v) is 4.29. The van der Waals surface area contributed by atoms with E-state index in [0.717, 1.165) is 13.0 Å². The standard InChI is InChI=1S/C8H20N4/c1-5-6-10-7(12-9)11-8(2,3)4/h5-6,9H2,1-4H3,(H2,10,11,12). The van der Waals surface area contributed by atoms with E-state index in [0.29, 0.717) is 5.96 Å². The lowest BCUT2D eigenvalue weighted by atomic mass is 10.1. The number of aliphatic imine (C=N–C) groups is 1. The van der Waals surface area contributed by atoms with E-state index < -0.39 is 0 Å². The molecule has 0 amide bonds. The maximum absolute atomic E-state index is 5.28. The molecule has 0 aromatic heterocycles. The van der Waals surface area contributed by atoms with Crippen molar-refractivity contribution >= 4 is 5.96 Å². The van der Waals surface area contributed by atoms with Gasteiger partial charge in [0.2, 0.25) is 5.96 Å². The molecular weight excluding hydrogens is 152 g/mol. The molecule has 4 nitrogen and oxygen atoms in total. The monoisotopic (exact) mass is 172 g/mol. The topological polar surface area (TPSA) is 62.4 Å². The minimum Gasteiger partial charge on any atom is -0.351 e. The lowest BCUT2D eigenvalue weighted by Gasteiger charge is -2.22. The molecule has 0 radical (unpaired) electrons. The number of hydrogen-bond donors (Lipinski definition) is 3. The summed E-state index contributed by atoms with van der Waals surface area (Å²) in [6, 6.07) is 0. The molecular formula is C8H20N4. The summed E-state index contributed by atoms with van der Waals surface area (Å²) in [5.41, 5.74) is 2.53. The van der Waals surface area contributed by atoms with Gasteiger partial charge in [-0.15, -0.1) is 0 Å². The van der Waals surface area contributed by atoms with Crippen LogP contribution < -0.4 is 16.6 Å². The van der Waals surface area contributed by atoms with Gasteiger partial charge in [-0.3, -0.25) is 10.4 Å². The SMILES string of the molecule is CCCN=C(NN)NC(C)(C)C. The summed E-state index contributed by atoms with van der Waals surface area (Å²) in [5.74, 6) is 5.93. The molecule has 0 aliphatic rings. The van der Waals surface area contributed by atoms with Gasteiger partial charge in [0.25, 0.3) is 0 Å². The van der Waals surface area contributed by atoms with Crippen molar-refractivity contribution in [1.82, 2.24) is 10.7 Å². The van der Waals surface area contributed by atoms with E-state index >= 15 is 0 Å². The number of nitrogens with two attached hydrogens (primary N) is 1. The second-order valence-electron chi connectivity index (χ2n) is 3.75. The number of nitrogens with one attached hydrogen (secondary N) is 2. The van der Waals surface area contributed by atoms with Gasteiger partial charge in [-0.05, 0) is 27.2 Å². The molecule has 0 rings (SSSR count). The predicted octanol–water partition coefficient (Wildman–Crippen LogP) is 0.604. The number of hydrazine groups is 1. The van der Waals surface area contributed by atoms with Crippen molar-refractivity contribution in [3.05, 3.63) is 0 Å². The van der Waals surface area contributed by atoms with E-state index in [2.05, 4.69) is 43.4 Å². The summed E-state index contributed by atoms with van der Waals surface area (Å²) in [4.78, 5) is 4.22. The van der Waals surface area contributed by atoms with Crippen molar-refractivity contribution < 1.29 is 0 Å². The maximum atomic E-state index is 5.28. The van der Waals surface area contributed by atoms with Crippen LogP contribution in [0.5, 0.6) is 0 Å². The largest absolute Gasteiger partial charge is 0.351 e. The van der Waals surface area contributed by atoms with Crippen LogP contribution in [0.3, 0.4) is 0 Å². The van der Waals surface area contributed by atoms with Gasteiger partial charge in [-0.25, -0.2) is 5.84 Å². The molecule has 0 spiro atoms. The normalized spacial score (nSPS) is 12.9. The van der Waals surface area contributed by atoms with Crippen LogP contribution in [0.2, 0.25) is 0 Å². The third-order valence-electron chi connectivity index (χ3n) is 1.12. The van der Waals surface area contributed by atoms with Gasteiger partial charge >= 0.3 is 0 Å². The van der Waals surface area contributed by atoms with Crippen LogP contribution in [-0.4, -0.2) is 18.0 Å². The van der Waals surface area contributed by atoms with Gasteiger partial charge in [-0.1, -0.05) is 6.92 Å². The van der Waals surface area contributed by atoms with Gasteiger partial charge in [0.1, 0.15) is 0 Å². The average molecular weight is 172 g/mol. The van der Waals surface area contributed by atoms with Gasteiger partial charge in [-0.2, -0.15) is 0 Å². The second kappa shape index (κ2) is 4.98. The Balaban J connectivity index is 3.99. The molecule has 4 heteroatoms. The van der Waals surface area contributed by atoms with E-state index in [1.54, 1.807) is 0 Å². The number of guanidine groups is 1. The highest BCUT2D eigenvalue weighted by atomic mass is 15.3. The smallest absolute Gasteiger partial charge is 0.206 e. The number of rotatable bonds is 2. The predicted molar refractivity (Wildman–Crippen MR) is 52.8 cm³/mol. The van der Waals surface area contributed by atoms with Crippen LogP contribution in [0, 0.1) is 0 Å². The van der Waals surface area contributed by atoms with Crippen LogP contribution >= 0.6 is 0 Å². The first-order valence-electron chi connectivity index (χ1n) is 4.29. The molecule has 0 unspecified atom stereocenters. The van der Waals surface area contributed by atoms with Crippen molar-refractivity contribution in [2.75, 3.05) is 6.54 Å². The quantitative estimate of drug-likeness (QED) is 0.247. The lowest BCUT2D eigenvalue weighted by molar-refractivity contribution is 0.501. The Kier molecular flexibility index (Phi) is 4.66. The average Bonchev–Trinajstić information content (AvgIpc) is 1.95. The number of hydrogen-bond acceptors (Lipinski definition) is 2. The zero-order chi connectivity index (χ0) is 9.61. The molecule has 0 heterocycles. The molecule has 0 saturated carbocycles. The van der Waals surface area contributed by atoms with Crippen LogP contribution in [0.1, 0.15) is 34.1 Å². The highest BCUT2D eigenvalue weighted by molar-refractivity contribution is 5.79. The summed E-state index contributed by atoms with van der Waals surface area (Å²) < 4.78 is 0. The molecule has 0 aromatic rings. The highest BCUT2D eigenvalue weighted by Gasteiger charge is 2.10. The first-order chi connectivity index (χ1) is 5.49. The maximum Gasteiger partial charge on any atom is 0.206 e. The Morgan fingerprint density at radius 2 is 2.00 bits per heavy atom. The van der Waals surface area contributed by atoms with Crippen LogP contribution in [0.4, 0.5) is 0 Å². The third kappa shape index (κ3) is 5.97. The van der Waals surface area contributed by atoms with Gasteiger partial charge in [0.05, 0.1) is 0 Å². The summed E-state index contributed by atoms with van der Waals surface area (Å²) in [6.07, 6.45) is 1.02. The molecule has 0 fully saturated rings. The Labute approximate surface area is 74.6 Å². The van der Waals surface area contributed by atoms with E-state index in [1.165, 1.54) is 0 Å². The molecule has 0 aliphatic heterocycles. The highest BCUT2D eigenvalue weighted by Crippen LogP contribution is 1.97. The Morgan fingerprint density at radius 1 is 1.42 bits per heavy atom.